The normalized spacial score (nSPS) is 21.8. The highest BCUT2D eigenvalue weighted by molar-refractivity contribution is 5.97. The van der Waals surface area contributed by atoms with Crippen LogP contribution in [-0.2, 0) is 4.79 Å². The molecule has 0 heterocycles. The summed E-state index contributed by atoms with van der Waals surface area (Å²) in [4.78, 5) is 10.9. The first-order valence-electron chi connectivity index (χ1n) is 4.80. The lowest BCUT2D eigenvalue weighted by molar-refractivity contribution is -0.118. The molecular formula is C11H15FO. The van der Waals surface area contributed by atoms with Crippen molar-refractivity contribution in [3.8, 4) is 0 Å². The summed E-state index contributed by atoms with van der Waals surface area (Å²) in [7, 11) is 0. The molecule has 0 aromatic carbocycles. The molecule has 13 heavy (non-hydrogen) atoms. The number of unbranched alkanes of at least 4 members (excludes halogenated alkanes) is 2. The highest BCUT2D eigenvalue weighted by Crippen LogP contribution is 2.19. The third-order valence-corrected chi connectivity index (χ3v) is 2.22. The SMILES string of the molecule is CCCCCC1=CC=CC(=O)C1F. The van der Waals surface area contributed by atoms with Crippen LogP contribution in [0.3, 0.4) is 0 Å². The fourth-order valence-electron chi connectivity index (χ4n) is 1.41. The van der Waals surface area contributed by atoms with Gasteiger partial charge in [0.05, 0.1) is 0 Å². The van der Waals surface area contributed by atoms with E-state index >= 15 is 0 Å². The predicted molar refractivity (Wildman–Crippen MR) is 51.3 cm³/mol. The van der Waals surface area contributed by atoms with Crippen molar-refractivity contribution >= 4 is 5.78 Å². The van der Waals surface area contributed by atoms with Crippen molar-refractivity contribution in [3.63, 3.8) is 0 Å². The molecule has 0 amide bonds. The molecule has 2 heteroatoms. The fraction of sp³-hybridized carbons (Fsp3) is 0.545. The molecule has 0 bridgehead atoms. The Morgan fingerprint density at radius 1 is 1.46 bits per heavy atom. The van der Waals surface area contributed by atoms with Crippen LogP contribution < -0.4 is 0 Å². The number of hydrogen-bond acceptors (Lipinski definition) is 1. The fourth-order valence-corrected chi connectivity index (χ4v) is 1.41. The standard InChI is InChI=1S/C11H15FO/c1-2-3-4-6-9-7-5-8-10(13)11(9)12/h5,7-8,11H,2-4,6H2,1H3. The van der Waals surface area contributed by atoms with Crippen LogP contribution in [0, 0.1) is 0 Å². The Morgan fingerprint density at radius 2 is 2.23 bits per heavy atom. The Kier molecular flexibility index (Phi) is 3.87. The summed E-state index contributed by atoms with van der Waals surface area (Å²) >= 11 is 0. The van der Waals surface area contributed by atoms with E-state index in [0.717, 1.165) is 19.3 Å². The van der Waals surface area contributed by atoms with Crippen LogP contribution >= 0.6 is 0 Å². The van der Waals surface area contributed by atoms with E-state index in [0.29, 0.717) is 12.0 Å². The maximum atomic E-state index is 13.2. The van der Waals surface area contributed by atoms with Crippen molar-refractivity contribution in [2.45, 2.75) is 38.8 Å². The first-order valence-corrected chi connectivity index (χ1v) is 4.80. The van der Waals surface area contributed by atoms with Gasteiger partial charge in [0, 0.05) is 0 Å². The van der Waals surface area contributed by atoms with Crippen LogP contribution in [0.2, 0.25) is 0 Å². The van der Waals surface area contributed by atoms with E-state index in [1.807, 2.05) is 0 Å². The van der Waals surface area contributed by atoms with Crippen LogP contribution in [-0.4, -0.2) is 12.0 Å². The molecule has 1 rings (SSSR count). The maximum absolute atomic E-state index is 13.2. The average molecular weight is 182 g/mol. The first-order chi connectivity index (χ1) is 6.25. The molecule has 72 valence electrons. The van der Waals surface area contributed by atoms with Gasteiger partial charge in [0.1, 0.15) is 0 Å². The summed E-state index contributed by atoms with van der Waals surface area (Å²) in [6.45, 7) is 2.10. The van der Waals surface area contributed by atoms with E-state index in [-0.39, 0.29) is 0 Å². The van der Waals surface area contributed by atoms with Crippen molar-refractivity contribution in [1.82, 2.24) is 0 Å². The topological polar surface area (TPSA) is 17.1 Å². The van der Waals surface area contributed by atoms with E-state index in [1.165, 1.54) is 6.08 Å². The van der Waals surface area contributed by atoms with Crippen molar-refractivity contribution in [3.05, 3.63) is 23.8 Å². The number of hydrogen-bond donors (Lipinski definition) is 0. The third kappa shape index (κ3) is 2.79. The van der Waals surface area contributed by atoms with Gasteiger partial charge in [-0.25, -0.2) is 4.39 Å². The molecule has 1 atom stereocenters. The molecule has 1 aliphatic carbocycles. The molecule has 1 nitrogen and oxygen atoms in total. The lowest BCUT2D eigenvalue weighted by Crippen LogP contribution is -2.18. The van der Waals surface area contributed by atoms with Gasteiger partial charge in [0.15, 0.2) is 12.0 Å². The Bertz CT molecular complexity index is 240. The Labute approximate surface area is 78.3 Å². The van der Waals surface area contributed by atoms with Crippen LogP contribution in [0.15, 0.2) is 23.8 Å². The summed E-state index contributed by atoms with van der Waals surface area (Å²) in [6.07, 6.45) is 7.20. The van der Waals surface area contributed by atoms with Crippen molar-refractivity contribution in [2.75, 3.05) is 0 Å². The molecule has 0 N–H and O–H groups in total. The Hall–Kier alpha value is -0.920. The van der Waals surface area contributed by atoms with Gasteiger partial charge in [-0.05, 0) is 24.5 Å². The minimum atomic E-state index is -1.37. The Balaban J connectivity index is 2.44. The number of carbonyl (C=O) groups is 1. The largest absolute Gasteiger partial charge is 0.291 e. The van der Waals surface area contributed by atoms with Crippen LogP contribution in [0.4, 0.5) is 4.39 Å². The number of rotatable bonds is 4. The lowest BCUT2D eigenvalue weighted by Gasteiger charge is -2.12. The highest BCUT2D eigenvalue weighted by atomic mass is 19.1. The van der Waals surface area contributed by atoms with E-state index in [2.05, 4.69) is 6.92 Å². The summed E-state index contributed by atoms with van der Waals surface area (Å²) in [6, 6.07) is 0. The van der Waals surface area contributed by atoms with Gasteiger partial charge in [-0.1, -0.05) is 31.9 Å². The molecular weight excluding hydrogens is 167 g/mol. The first kappa shape index (κ1) is 10.2. The molecule has 1 aliphatic rings. The molecule has 0 spiro atoms. The number of carbonyl (C=O) groups excluding carboxylic acids is 1. The van der Waals surface area contributed by atoms with Gasteiger partial charge in [-0.3, -0.25) is 4.79 Å². The maximum Gasteiger partial charge on any atom is 0.193 e. The average Bonchev–Trinajstić information content (AvgIpc) is 2.13. The molecule has 0 aromatic rings. The zero-order valence-corrected chi connectivity index (χ0v) is 7.92. The van der Waals surface area contributed by atoms with Gasteiger partial charge in [-0.15, -0.1) is 0 Å². The Morgan fingerprint density at radius 3 is 2.92 bits per heavy atom. The number of halogens is 1. The zero-order chi connectivity index (χ0) is 9.68. The van der Waals surface area contributed by atoms with Gasteiger partial charge < -0.3 is 0 Å². The monoisotopic (exact) mass is 182 g/mol. The van der Waals surface area contributed by atoms with Gasteiger partial charge in [0.25, 0.3) is 0 Å². The number of ketones is 1. The van der Waals surface area contributed by atoms with E-state index in [1.54, 1.807) is 12.2 Å². The minimum Gasteiger partial charge on any atom is -0.291 e. The molecule has 1 unspecified atom stereocenters. The second kappa shape index (κ2) is 4.95. The molecule has 0 aliphatic heterocycles. The van der Waals surface area contributed by atoms with Crippen molar-refractivity contribution in [2.24, 2.45) is 0 Å². The lowest BCUT2D eigenvalue weighted by atomic mass is 9.97. The third-order valence-electron chi connectivity index (χ3n) is 2.22. The van der Waals surface area contributed by atoms with E-state index in [9.17, 15) is 9.18 Å². The van der Waals surface area contributed by atoms with Crippen LogP contribution in [0.1, 0.15) is 32.6 Å². The quantitative estimate of drug-likeness (QED) is 0.611. The summed E-state index contributed by atoms with van der Waals surface area (Å²) in [5, 5.41) is 0. The van der Waals surface area contributed by atoms with Crippen LogP contribution in [0.5, 0.6) is 0 Å². The van der Waals surface area contributed by atoms with Gasteiger partial charge in [0.2, 0.25) is 0 Å². The summed E-state index contributed by atoms with van der Waals surface area (Å²) in [5.74, 6) is -0.408. The molecule has 0 saturated carbocycles. The second-order valence-electron chi connectivity index (χ2n) is 3.32. The summed E-state index contributed by atoms with van der Waals surface area (Å²) in [5.41, 5.74) is 0.640. The van der Waals surface area contributed by atoms with E-state index < -0.39 is 12.0 Å². The zero-order valence-electron chi connectivity index (χ0n) is 7.92. The smallest absolute Gasteiger partial charge is 0.193 e. The predicted octanol–water partition coefficient (Wildman–Crippen LogP) is 2.97. The van der Waals surface area contributed by atoms with Crippen LogP contribution in [0.25, 0.3) is 0 Å². The summed E-state index contributed by atoms with van der Waals surface area (Å²) < 4.78 is 13.2. The van der Waals surface area contributed by atoms with E-state index in [4.69, 9.17) is 0 Å². The molecule has 0 saturated heterocycles. The molecule has 0 fully saturated rings. The minimum absolute atomic E-state index is 0.408. The molecule has 0 radical (unpaired) electrons. The molecule has 0 aromatic heterocycles. The van der Waals surface area contributed by atoms with Crippen molar-refractivity contribution in [1.29, 1.82) is 0 Å². The number of allylic oxidation sites excluding steroid dienone is 4. The second-order valence-corrected chi connectivity index (χ2v) is 3.32. The van der Waals surface area contributed by atoms with Gasteiger partial charge >= 0.3 is 0 Å². The van der Waals surface area contributed by atoms with Gasteiger partial charge in [-0.2, -0.15) is 0 Å². The van der Waals surface area contributed by atoms with Crippen molar-refractivity contribution < 1.29 is 9.18 Å². The number of alkyl halides is 1. The highest BCUT2D eigenvalue weighted by Gasteiger charge is 2.21.